The summed E-state index contributed by atoms with van der Waals surface area (Å²) in [5.74, 6) is 0.946. The summed E-state index contributed by atoms with van der Waals surface area (Å²) in [6.45, 7) is 11.6. The molecular formula is C29H35NS. The summed E-state index contributed by atoms with van der Waals surface area (Å²) < 4.78 is 0. The Morgan fingerprint density at radius 1 is 1.10 bits per heavy atom. The molecule has 4 aliphatic rings. The molecule has 3 unspecified atom stereocenters. The third kappa shape index (κ3) is 3.94. The maximum Gasteiger partial charge on any atom is 0.0419 e. The Hall–Kier alpha value is -1.77. The summed E-state index contributed by atoms with van der Waals surface area (Å²) in [7, 11) is 0. The number of nitrogens with one attached hydrogen (secondary N) is 1. The molecular weight excluding hydrogens is 394 g/mol. The summed E-state index contributed by atoms with van der Waals surface area (Å²) in [4.78, 5) is 1.48. The minimum atomic E-state index is 0.226. The maximum atomic E-state index is 3.74. The predicted octanol–water partition coefficient (Wildman–Crippen LogP) is 7.45. The average Bonchev–Trinajstić information content (AvgIpc) is 3.16. The van der Waals surface area contributed by atoms with E-state index in [1.165, 1.54) is 28.0 Å². The fourth-order valence-electron chi connectivity index (χ4n) is 5.63. The summed E-state index contributed by atoms with van der Waals surface area (Å²) in [5, 5.41) is 4.25. The van der Waals surface area contributed by atoms with E-state index in [4.69, 9.17) is 0 Å². The Morgan fingerprint density at radius 3 is 2.74 bits per heavy atom. The summed E-state index contributed by atoms with van der Waals surface area (Å²) in [6.07, 6.45) is 18.1. The van der Waals surface area contributed by atoms with Gasteiger partial charge in [0, 0.05) is 22.6 Å². The zero-order valence-electron chi connectivity index (χ0n) is 19.4. The molecule has 0 radical (unpaired) electrons. The quantitative estimate of drug-likeness (QED) is 0.465. The van der Waals surface area contributed by atoms with Crippen LogP contribution in [0.2, 0.25) is 0 Å². The van der Waals surface area contributed by atoms with Gasteiger partial charge in [0.05, 0.1) is 0 Å². The highest BCUT2D eigenvalue weighted by atomic mass is 32.2. The molecule has 0 fully saturated rings. The molecule has 0 bridgehead atoms. The number of hydrogen-bond donors (Lipinski definition) is 1. The van der Waals surface area contributed by atoms with Gasteiger partial charge in [-0.05, 0) is 71.1 Å². The molecule has 0 amide bonds. The SMILES string of the molecule is CC1/C=C(/C(C)(C)C)CCNCC2=C1C1Sc3cccc(C4=CCCC=C4)c3C1C=C2. The largest absolute Gasteiger partial charge is 0.312 e. The summed E-state index contributed by atoms with van der Waals surface area (Å²) >= 11 is 2.10. The van der Waals surface area contributed by atoms with Crippen LogP contribution in [0.25, 0.3) is 5.57 Å². The van der Waals surface area contributed by atoms with Crippen molar-refractivity contribution in [2.45, 2.75) is 63.0 Å². The van der Waals surface area contributed by atoms with E-state index in [9.17, 15) is 0 Å². The normalized spacial score (nSPS) is 29.7. The van der Waals surface area contributed by atoms with E-state index in [0.29, 0.717) is 17.1 Å². The molecule has 1 N–H and O–H groups in total. The Kier molecular flexibility index (Phi) is 5.65. The van der Waals surface area contributed by atoms with Gasteiger partial charge in [0.25, 0.3) is 0 Å². The van der Waals surface area contributed by atoms with Crippen molar-refractivity contribution in [3.8, 4) is 0 Å². The molecule has 5 rings (SSSR count). The molecule has 162 valence electrons. The smallest absolute Gasteiger partial charge is 0.0419 e. The lowest BCUT2D eigenvalue weighted by atomic mass is 9.76. The van der Waals surface area contributed by atoms with E-state index < -0.39 is 0 Å². The van der Waals surface area contributed by atoms with Crippen LogP contribution in [-0.4, -0.2) is 18.3 Å². The first-order chi connectivity index (χ1) is 14.9. The molecule has 0 saturated heterocycles. The lowest BCUT2D eigenvalue weighted by Crippen LogP contribution is -2.25. The van der Waals surface area contributed by atoms with Crippen LogP contribution in [0.5, 0.6) is 0 Å². The van der Waals surface area contributed by atoms with Gasteiger partial charge in [-0.1, -0.05) is 81.9 Å². The van der Waals surface area contributed by atoms with E-state index in [-0.39, 0.29) is 5.41 Å². The molecule has 3 atom stereocenters. The number of benzene rings is 1. The fourth-order valence-corrected chi connectivity index (χ4v) is 7.30. The van der Waals surface area contributed by atoms with Crippen LogP contribution in [0.1, 0.15) is 64.0 Å². The van der Waals surface area contributed by atoms with E-state index in [1.54, 1.807) is 16.7 Å². The number of hydrogen-bond acceptors (Lipinski definition) is 2. The molecule has 0 saturated carbocycles. The van der Waals surface area contributed by atoms with Gasteiger partial charge < -0.3 is 5.32 Å². The third-order valence-corrected chi connectivity index (χ3v) is 8.67. The number of thioether (sulfide) groups is 1. The molecule has 2 aliphatic heterocycles. The molecule has 2 heterocycles. The Bertz CT molecular complexity index is 1030. The first-order valence-electron chi connectivity index (χ1n) is 11.9. The van der Waals surface area contributed by atoms with Crippen LogP contribution >= 0.6 is 11.8 Å². The van der Waals surface area contributed by atoms with Crippen LogP contribution < -0.4 is 5.32 Å². The molecule has 0 spiro atoms. The van der Waals surface area contributed by atoms with Gasteiger partial charge in [0.2, 0.25) is 0 Å². The van der Waals surface area contributed by atoms with Crippen LogP contribution in [0, 0.1) is 11.3 Å². The minimum Gasteiger partial charge on any atom is -0.312 e. The van der Waals surface area contributed by atoms with Crippen molar-refractivity contribution in [3.63, 3.8) is 0 Å². The lowest BCUT2D eigenvalue weighted by molar-refractivity contribution is 0.473. The summed E-state index contributed by atoms with van der Waals surface area (Å²) in [6, 6.07) is 6.94. The monoisotopic (exact) mass is 429 g/mol. The van der Waals surface area contributed by atoms with Crippen molar-refractivity contribution < 1.29 is 0 Å². The Morgan fingerprint density at radius 2 is 1.97 bits per heavy atom. The summed E-state index contributed by atoms with van der Waals surface area (Å²) in [5.41, 5.74) is 9.38. The third-order valence-electron chi connectivity index (χ3n) is 7.26. The second-order valence-electron chi connectivity index (χ2n) is 10.4. The molecule has 31 heavy (non-hydrogen) atoms. The van der Waals surface area contributed by atoms with Crippen LogP contribution in [0.3, 0.4) is 0 Å². The highest BCUT2D eigenvalue weighted by molar-refractivity contribution is 8.00. The van der Waals surface area contributed by atoms with Gasteiger partial charge in [-0.2, -0.15) is 0 Å². The van der Waals surface area contributed by atoms with Crippen LogP contribution in [0.4, 0.5) is 0 Å². The van der Waals surface area contributed by atoms with Crippen molar-refractivity contribution in [1.82, 2.24) is 5.32 Å². The van der Waals surface area contributed by atoms with Crippen molar-refractivity contribution in [2.24, 2.45) is 11.3 Å². The standard InChI is InChI=1S/C29H35NS/c1-19-17-22(29(2,3)4)15-16-30-18-21-13-14-24-27-23(20-9-6-5-7-10-20)11-8-12-25(27)31-28(24)26(19)21/h6,8-14,17,19,24,28,30H,5,7,15-16,18H2,1-4H3/b22-17+. The van der Waals surface area contributed by atoms with Gasteiger partial charge in [-0.25, -0.2) is 0 Å². The van der Waals surface area contributed by atoms with Gasteiger partial charge in [0.15, 0.2) is 0 Å². The second kappa shape index (κ2) is 8.30. The van der Waals surface area contributed by atoms with Gasteiger partial charge in [-0.3, -0.25) is 0 Å². The highest BCUT2D eigenvalue weighted by Crippen LogP contribution is 2.55. The topological polar surface area (TPSA) is 12.0 Å². The van der Waals surface area contributed by atoms with Gasteiger partial charge in [-0.15, -0.1) is 11.8 Å². The van der Waals surface area contributed by atoms with E-state index in [0.717, 1.165) is 25.9 Å². The number of fused-ring (bicyclic) bond motifs is 4. The maximum absolute atomic E-state index is 3.74. The molecule has 0 aromatic heterocycles. The molecule has 2 heteroatoms. The zero-order chi connectivity index (χ0) is 21.6. The fraction of sp³-hybridized carbons (Fsp3) is 0.448. The van der Waals surface area contributed by atoms with Crippen LogP contribution in [-0.2, 0) is 0 Å². The van der Waals surface area contributed by atoms with Crippen molar-refractivity contribution in [1.29, 1.82) is 0 Å². The van der Waals surface area contributed by atoms with Gasteiger partial charge >= 0.3 is 0 Å². The first kappa shape index (κ1) is 21.1. The van der Waals surface area contributed by atoms with E-state index >= 15 is 0 Å². The average molecular weight is 430 g/mol. The van der Waals surface area contributed by atoms with Crippen LogP contribution in [0.15, 0.2) is 76.3 Å². The molecule has 1 nitrogen and oxygen atoms in total. The zero-order valence-corrected chi connectivity index (χ0v) is 20.2. The minimum absolute atomic E-state index is 0.226. The highest BCUT2D eigenvalue weighted by Gasteiger charge is 2.40. The molecule has 1 aromatic rings. The number of allylic oxidation sites excluding steroid dienone is 6. The van der Waals surface area contributed by atoms with Crippen molar-refractivity contribution >= 4 is 17.3 Å². The number of rotatable bonds is 1. The first-order valence-corrected chi connectivity index (χ1v) is 12.8. The molecule has 1 aromatic carbocycles. The Balaban J connectivity index is 1.56. The molecule has 2 aliphatic carbocycles. The predicted molar refractivity (Wildman–Crippen MR) is 136 cm³/mol. The van der Waals surface area contributed by atoms with Gasteiger partial charge in [0.1, 0.15) is 0 Å². The van der Waals surface area contributed by atoms with Crippen molar-refractivity contribution in [2.75, 3.05) is 13.1 Å². The van der Waals surface area contributed by atoms with E-state index in [2.05, 4.69) is 99.4 Å². The van der Waals surface area contributed by atoms with Crippen molar-refractivity contribution in [3.05, 3.63) is 82.5 Å². The second-order valence-corrected chi connectivity index (χ2v) is 11.6. The van der Waals surface area contributed by atoms with E-state index in [1.807, 2.05) is 0 Å². The Labute approximate surface area is 192 Å². The lowest BCUT2D eigenvalue weighted by Gasteiger charge is -2.31.